The van der Waals surface area contributed by atoms with Crippen LogP contribution in [0.1, 0.15) is 30.9 Å². The largest absolute Gasteiger partial charge is 0.493 e. The quantitative estimate of drug-likeness (QED) is 0.766. The molecule has 1 aromatic carbocycles. The predicted octanol–water partition coefficient (Wildman–Crippen LogP) is 2.44. The third-order valence-corrected chi connectivity index (χ3v) is 4.54. The van der Waals surface area contributed by atoms with E-state index in [-0.39, 0.29) is 17.9 Å². The zero-order chi connectivity index (χ0) is 15.0. The van der Waals surface area contributed by atoms with Gasteiger partial charge in [0.05, 0.1) is 19.8 Å². The predicted molar refractivity (Wildman–Crippen MR) is 78.9 cm³/mol. The number of hydrogen-bond donors (Lipinski definition) is 0. The van der Waals surface area contributed by atoms with E-state index in [0.29, 0.717) is 25.9 Å². The summed E-state index contributed by atoms with van der Waals surface area (Å²) in [6, 6.07) is 5.13. The van der Waals surface area contributed by atoms with E-state index in [1.165, 1.54) is 7.11 Å². The van der Waals surface area contributed by atoms with Gasteiger partial charge in [-0.15, -0.1) is 0 Å². The third kappa shape index (κ3) is 2.52. The van der Waals surface area contributed by atoms with Crippen LogP contribution in [0.4, 0.5) is 0 Å². The molecule has 0 bridgehead atoms. The summed E-state index contributed by atoms with van der Waals surface area (Å²) in [6.07, 6.45) is 1.59. The summed E-state index contributed by atoms with van der Waals surface area (Å²) in [7, 11) is 1.36. The number of amides is 1. The number of ether oxygens (including phenoxy) is 2. The molecule has 0 spiro atoms. The lowest BCUT2D eigenvalue weighted by atomic mass is 9.98. The standard InChI is InChI=1S/C15H16BrNO4/c1-20-15(19)12-3-5-14(18)17(12)11-6-7-21-13-4-2-9(16)8-10(11)13/h2,4,8,11-12H,3,5-7H2,1H3. The number of rotatable bonds is 2. The molecule has 1 aromatic rings. The molecule has 112 valence electrons. The van der Waals surface area contributed by atoms with Crippen molar-refractivity contribution in [3.05, 3.63) is 28.2 Å². The SMILES string of the molecule is COC(=O)C1CCC(=O)N1C1CCOc2ccc(Br)cc21. The number of benzene rings is 1. The summed E-state index contributed by atoms with van der Waals surface area (Å²) < 4.78 is 11.4. The van der Waals surface area contributed by atoms with Crippen molar-refractivity contribution in [3.63, 3.8) is 0 Å². The summed E-state index contributed by atoms with van der Waals surface area (Å²) in [5.74, 6) is 0.435. The molecule has 2 heterocycles. The van der Waals surface area contributed by atoms with Gasteiger partial charge in [0.2, 0.25) is 5.91 Å². The summed E-state index contributed by atoms with van der Waals surface area (Å²) in [5, 5.41) is 0. The van der Waals surface area contributed by atoms with Crippen LogP contribution < -0.4 is 4.74 Å². The van der Waals surface area contributed by atoms with E-state index >= 15 is 0 Å². The monoisotopic (exact) mass is 353 g/mol. The van der Waals surface area contributed by atoms with Crippen molar-refractivity contribution < 1.29 is 19.1 Å². The van der Waals surface area contributed by atoms with E-state index in [9.17, 15) is 9.59 Å². The zero-order valence-corrected chi connectivity index (χ0v) is 13.3. The lowest BCUT2D eigenvalue weighted by molar-refractivity contribution is -0.151. The van der Waals surface area contributed by atoms with E-state index < -0.39 is 6.04 Å². The van der Waals surface area contributed by atoms with Crippen molar-refractivity contribution in [1.29, 1.82) is 0 Å². The van der Waals surface area contributed by atoms with Crippen LogP contribution in [0.15, 0.2) is 22.7 Å². The highest BCUT2D eigenvalue weighted by atomic mass is 79.9. The van der Waals surface area contributed by atoms with Crippen molar-refractivity contribution >= 4 is 27.8 Å². The molecular formula is C15H16BrNO4. The minimum absolute atomic E-state index is 0.00299. The van der Waals surface area contributed by atoms with E-state index in [2.05, 4.69) is 15.9 Å². The van der Waals surface area contributed by atoms with Crippen LogP contribution in [0.3, 0.4) is 0 Å². The fourth-order valence-corrected chi connectivity index (χ4v) is 3.48. The van der Waals surface area contributed by atoms with E-state index in [1.807, 2.05) is 18.2 Å². The van der Waals surface area contributed by atoms with E-state index in [1.54, 1.807) is 4.90 Å². The normalized spacial score (nSPS) is 24.5. The fraction of sp³-hybridized carbons (Fsp3) is 0.467. The Kier molecular flexibility index (Phi) is 3.89. The number of halogens is 1. The Balaban J connectivity index is 1.98. The summed E-state index contributed by atoms with van der Waals surface area (Å²) in [5.41, 5.74) is 0.944. The Hall–Kier alpha value is -1.56. The first-order chi connectivity index (χ1) is 10.1. The second kappa shape index (κ2) is 5.67. The van der Waals surface area contributed by atoms with Crippen molar-refractivity contribution in [2.24, 2.45) is 0 Å². The molecule has 21 heavy (non-hydrogen) atoms. The van der Waals surface area contributed by atoms with Crippen LogP contribution in [0, 0.1) is 0 Å². The van der Waals surface area contributed by atoms with Crippen LogP contribution in [-0.4, -0.2) is 36.5 Å². The number of esters is 1. The van der Waals surface area contributed by atoms with Crippen molar-refractivity contribution in [3.8, 4) is 5.75 Å². The molecule has 1 saturated heterocycles. The Labute approximate surface area is 131 Å². The Morgan fingerprint density at radius 1 is 1.43 bits per heavy atom. The second-order valence-corrected chi connectivity index (χ2v) is 6.13. The molecule has 0 radical (unpaired) electrons. The molecule has 0 aliphatic carbocycles. The maximum absolute atomic E-state index is 12.3. The van der Waals surface area contributed by atoms with Crippen molar-refractivity contribution in [1.82, 2.24) is 4.90 Å². The minimum Gasteiger partial charge on any atom is -0.493 e. The zero-order valence-electron chi connectivity index (χ0n) is 11.7. The molecule has 2 unspecified atom stereocenters. The van der Waals surface area contributed by atoms with Gasteiger partial charge in [0.1, 0.15) is 11.8 Å². The highest BCUT2D eigenvalue weighted by Gasteiger charge is 2.43. The van der Waals surface area contributed by atoms with Crippen LogP contribution in [-0.2, 0) is 14.3 Å². The minimum atomic E-state index is -0.488. The van der Waals surface area contributed by atoms with Gasteiger partial charge in [-0.05, 0) is 24.6 Å². The van der Waals surface area contributed by atoms with Gasteiger partial charge in [0.25, 0.3) is 0 Å². The topological polar surface area (TPSA) is 55.8 Å². The number of fused-ring (bicyclic) bond motifs is 1. The number of carbonyl (C=O) groups is 2. The first-order valence-electron chi connectivity index (χ1n) is 6.93. The molecule has 3 rings (SSSR count). The first-order valence-corrected chi connectivity index (χ1v) is 7.72. The van der Waals surface area contributed by atoms with Crippen LogP contribution in [0.5, 0.6) is 5.75 Å². The number of hydrogen-bond acceptors (Lipinski definition) is 4. The van der Waals surface area contributed by atoms with Crippen LogP contribution in [0.2, 0.25) is 0 Å². The lowest BCUT2D eigenvalue weighted by Crippen LogP contribution is -2.43. The average Bonchev–Trinajstić information content (AvgIpc) is 2.87. The first kappa shape index (κ1) is 14.4. The Morgan fingerprint density at radius 3 is 3.00 bits per heavy atom. The van der Waals surface area contributed by atoms with Gasteiger partial charge in [-0.2, -0.15) is 0 Å². The summed E-state index contributed by atoms with van der Waals surface area (Å²) in [4.78, 5) is 25.9. The van der Waals surface area contributed by atoms with Crippen molar-refractivity contribution in [2.45, 2.75) is 31.3 Å². The summed E-state index contributed by atoms with van der Waals surface area (Å²) >= 11 is 3.45. The Morgan fingerprint density at radius 2 is 2.24 bits per heavy atom. The van der Waals surface area contributed by atoms with Gasteiger partial charge in [-0.3, -0.25) is 4.79 Å². The number of carbonyl (C=O) groups excluding carboxylic acids is 2. The van der Waals surface area contributed by atoms with Gasteiger partial charge >= 0.3 is 5.97 Å². The van der Waals surface area contributed by atoms with Crippen LogP contribution in [0.25, 0.3) is 0 Å². The van der Waals surface area contributed by atoms with Gasteiger partial charge in [0.15, 0.2) is 0 Å². The molecule has 2 aliphatic heterocycles. The van der Waals surface area contributed by atoms with Crippen LogP contribution >= 0.6 is 15.9 Å². The molecule has 2 atom stereocenters. The van der Waals surface area contributed by atoms with Gasteiger partial charge in [-0.1, -0.05) is 15.9 Å². The second-order valence-electron chi connectivity index (χ2n) is 5.21. The summed E-state index contributed by atoms with van der Waals surface area (Å²) in [6.45, 7) is 0.539. The third-order valence-electron chi connectivity index (χ3n) is 4.04. The molecule has 2 aliphatic rings. The molecule has 1 fully saturated rings. The van der Waals surface area contributed by atoms with Gasteiger partial charge in [0, 0.05) is 22.9 Å². The molecular weight excluding hydrogens is 338 g/mol. The molecule has 1 amide bonds. The lowest BCUT2D eigenvalue weighted by Gasteiger charge is -2.36. The molecule has 0 aromatic heterocycles. The number of likely N-dealkylation sites (tertiary alicyclic amines) is 1. The maximum atomic E-state index is 12.3. The van der Waals surface area contributed by atoms with E-state index in [0.717, 1.165) is 15.8 Å². The molecule has 5 nitrogen and oxygen atoms in total. The van der Waals surface area contributed by atoms with Gasteiger partial charge in [-0.25, -0.2) is 4.79 Å². The highest BCUT2D eigenvalue weighted by molar-refractivity contribution is 9.10. The average molecular weight is 354 g/mol. The molecule has 6 heteroatoms. The number of methoxy groups -OCH3 is 1. The fourth-order valence-electron chi connectivity index (χ4n) is 3.10. The van der Waals surface area contributed by atoms with E-state index in [4.69, 9.17) is 9.47 Å². The Bertz CT molecular complexity index is 589. The maximum Gasteiger partial charge on any atom is 0.328 e. The molecule has 0 saturated carbocycles. The number of nitrogens with zero attached hydrogens (tertiary/aromatic N) is 1. The van der Waals surface area contributed by atoms with Crippen molar-refractivity contribution in [2.75, 3.05) is 13.7 Å². The smallest absolute Gasteiger partial charge is 0.328 e. The van der Waals surface area contributed by atoms with Gasteiger partial charge < -0.3 is 14.4 Å². The molecule has 0 N–H and O–H groups in total. The highest BCUT2D eigenvalue weighted by Crippen LogP contribution is 2.41.